The van der Waals surface area contributed by atoms with Crippen LogP contribution >= 0.6 is 0 Å². The Kier molecular flexibility index (Phi) is 4.44. The Hall–Kier alpha value is -2.43. The van der Waals surface area contributed by atoms with Crippen molar-refractivity contribution in [2.24, 2.45) is 0 Å². The summed E-state index contributed by atoms with van der Waals surface area (Å²) in [4.78, 5) is 19.9. The van der Waals surface area contributed by atoms with Gasteiger partial charge in [0.1, 0.15) is 0 Å². The summed E-state index contributed by atoms with van der Waals surface area (Å²) in [5.41, 5.74) is 0.596. The molecule has 1 amide bonds. The second kappa shape index (κ2) is 6.49. The first kappa shape index (κ1) is 13.0. The second-order valence-corrected chi connectivity index (χ2v) is 3.89. The summed E-state index contributed by atoms with van der Waals surface area (Å²) < 4.78 is 5.50. The van der Waals surface area contributed by atoms with Crippen LogP contribution in [0.15, 0.2) is 48.8 Å². The Bertz CT molecular complexity index is 517. The molecule has 0 saturated heterocycles. The molecule has 1 N–H and O–H groups in total. The first-order valence-electron chi connectivity index (χ1n) is 6.09. The maximum absolute atomic E-state index is 12.0. The van der Waals surface area contributed by atoms with E-state index >= 15 is 0 Å². The zero-order valence-corrected chi connectivity index (χ0v) is 10.6. The Labute approximate surface area is 111 Å². The molecular formula is C14H15N3O2. The molecule has 0 fully saturated rings. The van der Waals surface area contributed by atoms with Crippen molar-refractivity contribution in [1.82, 2.24) is 15.3 Å². The molecule has 1 heterocycles. The van der Waals surface area contributed by atoms with Gasteiger partial charge in [-0.3, -0.25) is 4.79 Å². The summed E-state index contributed by atoms with van der Waals surface area (Å²) in [6.07, 6.45) is 3.36. The van der Waals surface area contributed by atoms with E-state index in [2.05, 4.69) is 15.3 Å². The summed E-state index contributed by atoms with van der Waals surface area (Å²) in [5, 5.41) is 2.79. The van der Waals surface area contributed by atoms with Gasteiger partial charge in [0, 0.05) is 24.4 Å². The predicted octanol–water partition coefficient (Wildman–Crippen LogP) is 2.02. The first-order valence-corrected chi connectivity index (χ1v) is 6.09. The number of nitrogens with zero attached hydrogens (tertiary/aromatic N) is 2. The first-order chi connectivity index (χ1) is 9.29. The van der Waals surface area contributed by atoms with Crippen LogP contribution in [-0.4, -0.2) is 22.1 Å². The molecule has 19 heavy (non-hydrogen) atoms. The van der Waals surface area contributed by atoms with Gasteiger partial charge in [-0.05, 0) is 18.2 Å². The highest BCUT2D eigenvalue weighted by Crippen LogP contribution is 2.05. The van der Waals surface area contributed by atoms with E-state index in [4.69, 9.17) is 4.74 Å². The van der Waals surface area contributed by atoms with Crippen LogP contribution in [0.2, 0.25) is 0 Å². The van der Waals surface area contributed by atoms with Crippen molar-refractivity contribution in [2.75, 3.05) is 0 Å². The quantitative estimate of drug-likeness (QED) is 0.832. The van der Waals surface area contributed by atoms with Gasteiger partial charge in [-0.1, -0.05) is 25.1 Å². The van der Waals surface area contributed by atoms with Gasteiger partial charge in [0.25, 0.3) is 5.91 Å². The zero-order valence-electron chi connectivity index (χ0n) is 10.6. The third-order valence-corrected chi connectivity index (χ3v) is 2.49. The van der Waals surface area contributed by atoms with Crippen LogP contribution < -0.4 is 10.1 Å². The molecule has 0 spiro atoms. The number of aromatic nitrogens is 2. The number of hydrogen-bond donors (Lipinski definition) is 1. The van der Waals surface area contributed by atoms with Crippen molar-refractivity contribution in [1.29, 1.82) is 0 Å². The summed E-state index contributed by atoms with van der Waals surface area (Å²) >= 11 is 0. The number of benzene rings is 1. The highest BCUT2D eigenvalue weighted by Gasteiger charge is 2.14. The van der Waals surface area contributed by atoms with Gasteiger partial charge >= 0.3 is 6.01 Å². The van der Waals surface area contributed by atoms with E-state index < -0.39 is 6.23 Å². The maximum atomic E-state index is 12.0. The number of carbonyl (C=O) groups excluding carboxylic acids is 1. The molecule has 5 heteroatoms. The summed E-state index contributed by atoms with van der Waals surface area (Å²) in [6.45, 7) is 1.92. The predicted molar refractivity (Wildman–Crippen MR) is 70.6 cm³/mol. The Balaban J connectivity index is 1.98. The van der Waals surface area contributed by atoms with Crippen molar-refractivity contribution in [2.45, 2.75) is 19.6 Å². The minimum absolute atomic E-state index is 0.177. The van der Waals surface area contributed by atoms with E-state index in [0.29, 0.717) is 12.0 Å². The highest BCUT2D eigenvalue weighted by atomic mass is 16.5. The Morgan fingerprint density at radius 3 is 2.53 bits per heavy atom. The molecule has 1 atom stereocenters. The highest BCUT2D eigenvalue weighted by molar-refractivity contribution is 5.94. The van der Waals surface area contributed by atoms with Crippen LogP contribution in [0, 0.1) is 0 Å². The molecule has 0 saturated carbocycles. The maximum Gasteiger partial charge on any atom is 0.318 e. The molecule has 1 unspecified atom stereocenters. The number of hydrogen-bond acceptors (Lipinski definition) is 4. The molecule has 2 rings (SSSR count). The van der Waals surface area contributed by atoms with Crippen LogP contribution in [0.25, 0.3) is 0 Å². The van der Waals surface area contributed by atoms with Crippen LogP contribution in [0.1, 0.15) is 23.7 Å². The normalized spacial score (nSPS) is 11.6. The van der Waals surface area contributed by atoms with Gasteiger partial charge in [0.15, 0.2) is 6.23 Å². The fourth-order valence-corrected chi connectivity index (χ4v) is 1.51. The minimum Gasteiger partial charge on any atom is -0.439 e. The minimum atomic E-state index is -0.449. The lowest BCUT2D eigenvalue weighted by Gasteiger charge is -2.17. The van der Waals surface area contributed by atoms with Gasteiger partial charge in [0.2, 0.25) is 0 Å². The molecule has 0 radical (unpaired) electrons. The van der Waals surface area contributed by atoms with E-state index in [-0.39, 0.29) is 11.9 Å². The fraction of sp³-hybridized carbons (Fsp3) is 0.214. The van der Waals surface area contributed by atoms with Gasteiger partial charge < -0.3 is 10.1 Å². The average Bonchev–Trinajstić information content (AvgIpc) is 2.48. The number of carbonyl (C=O) groups is 1. The van der Waals surface area contributed by atoms with Crippen LogP contribution in [0.4, 0.5) is 0 Å². The van der Waals surface area contributed by atoms with Gasteiger partial charge in [0.05, 0.1) is 0 Å². The zero-order chi connectivity index (χ0) is 13.5. The SMILES string of the molecule is CCC(NC(=O)c1ccccc1)Oc1ncccn1. The smallest absolute Gasteiger partial charge is 0.318 e. The van der Waals surface area contributed by atoms with Crippen LogP contribution in [0.3, 0.4) is 0 Å². The lowest BCUT2D eigenvalue weighted by Crippen LogP contribution is -2.38. The lowest BCUT2D eigenvalue weighted by atomic mass is 10.2. The molecule has 0 aliphatic carbocycles. The summed E-state index contributed by atoms with van der Waals surface area (Å²) in [6, 6.07) is 11.0. The number of ether oxygens (including phenoxy) is 1. The monoisotopic (exact) mass is 257 g/mol. The molecular weight excluding hydrogens is 242 g/mol. The standard InChI is InChI=1S/C14H15N3O2/c1-2-12(19-14-15-9-6-10-16-14)17-13(18)11-7-4-3-5-8-11/h3-10,12H,2H2,1H3,(H,17,18). The van der Waals surface area contributed by atoms with Gasteiger partial charge in [-0.2, -0.15) is 0 Å². The molecule has 0 aliphatic rings. The molecule has 5 nitrogen and oxygen atoms in total. The van der Waals surface area contributed by atoms with E-state index in [1.54, 1.807) is 30.6 Å². The van der Waals surface area contributed by atoms with E-state index in [1.165, 1.54) is 0 Å². The average molecular weight is 257 g/mol. The van der Waals surface area contributed by atoms with E-state index in [1.807, 2.05) is 25.1 Å². The third kappa shape index (κ3) is 3.77. The number of nitrogens with one attached hydrogen (secondary N) is 1. The van der Waals surface area contributed by atoms with Crippen molar-refractivity contribution >= 4 is 5.91 Å². The molecule has 98 valence electrons. The largest absolute Gasteiger partial charge is 0.439 e. The summed E-state index contributed by atoms with van der Waals surface area (Å²) in [5.74, 6) is -0.177. The third-order valence-electron chi connectivity index (χ3n) is 2.49. The molecule has 1 aromatic carbocycles. The van der Waals surface area contributed by atoms with E-state index in [0.717, 1.165) is 0 Å². The van der Waals surface area contributed by atoms with Crippen LogP contribution in [-0.2, 0) is 0 Å². The van der Waals surface area contributed by atoms with Crippen molar-refractivity contribution in [3.63, 3.8) is 0 Å². The van der Waals surface area contributed by atoms with E-state index in [9.17, 15) is 4.79 Å². The van der Waals surface area contributed by atoms with Crippen LogP contribution in [0.5, 0.6) is 6.01 Å². The van der Waals surface area contributed by atoms with Gasteiger partial charge in [-0.25, -0.2) is 9.97 Å². The van der Waals surface area contributed by atoms with Crippen molar-refractivity contribution in [3.05, 3.63) is 54.4 Å². The Morgan fingerprint density at radius 1 is 1.21 bits per heavy atom. The molecule has 0 aliphatic heterocycles. The number of amides is 1. The van der Waals surface area contributed by atoms with Gasteiger partial charge in [-0.15, -0.1) is 0 Å². The lowest BCUT2D eigenvalue weighted by molar-refractivity contribution is 0.0805. The summed E-state index contributed by atoms with van der Waals surface area (Å²) in [7, 11) is 0. The molecule has 2 aromatic rings. The molecule has 1 aromatic heterocycles. The second-order valence-electron chi connectivity index (χ2n) is 3.89. The van der Waals surface area contributed by atoms with Crippen molar-refractivity contribution < 1.29 is 9.53 Å². The fourth-order valence-electron chi connectivity index (χ4n) is 1.51. The Morgan fingerprint density at radius 2 is 1.89 bits per heavy atom. The molecule has 0 bridgehead atoms. The topological polar surface area (TPSA) is 64.1 Å². The van der Waals surface area contributed by atoms with Crippen molar-refractivity contribution in [3.8, 4) is 6.01 Å². The number of rotatable bonds is 5.